The molecule has 172 valence electrons. The molecule has 1 aliphatic heterocycles. The highest BCUT2D eigenvalue weighted by atomic mass is 16.1. The summed E-state index contributed by atoms with van der Waals surface area (Å²) < 4.78 is 1.75. The molecule has 0 unspecified atom stereocenters. The third-order valence-electron chi connectivity index (χ3n) is 6.55. The third kappa shape index (κ3) is 4.22. The average Bonchev–Trinajstić information content (AvgIpc) is 3.64. The normalized spacial score (nSPS) is 16.7. The van der Waals surface area contributed by atoms with Crippen LogP contribution in [0.2, 0.25) is 0 Å². The number of hydrogen-bond acceptors (Lipinski definition) is 7. The fourth-order valence-corrected chi connectivity index (χ4v) is 4.49. The average molecular weight is 455 g/mol. The monoisotopic (exact) mass is 454 g/mol. The van der Waals surface area contributed by atoms with Gasteiger partial charge in [0, 0.05) is 80.6 Å². The molecule has 4 aromatic rings. The van der Waals surface area contributed by atoms with Crippen molar-refractivity contribution < 1.29 is 4.79 Å². The van der Waals surface area contributed by atoms with Crippen molar-refractivity contribution in [1.82, 2.24) is 29.6 Å². The van der Waals surface area contributed by atoms with Crippen molar-refractivity contribution in [2.75, 3.05) is 36.4 Å². The molecule has 9 nitrogen and oxygen atoms in total. The lowest BCUT2D eigenvalue weighted by Crippen LogP contribution is -2.47. The molecule has 0 radical (unpaired) electrons. The van der Waals surface area contributed by atoms with Crippen LogP contribution in [0.5, 0.6) is 0 Å². The zero-order chi connectivity index (χ0) is 23.1. The van der Waals surface area contributed by atoms with E-state index in [1.807, 2.05) is 31.4 Å². The lowest BCUT2D eigenvalue weighted by molar-refractivity contribution is 0.102. The molecular formula is C25H26N8O. The maximum Gasteiger partial charge on any atom is 0.257 e. The lowest BCUT2D eigenvalue weighted by atomic mass is 10.1. The first-order chi connectivity index (χ1) is 16.6. The van der Waals surface area contributed by atoms with Crippen LogP contribution < -0.4 is 10.2 Å². The van der Waals surface area contributed by atoms with Crippen molar-refractivity contribution in [1.29, 1.82) is 0 Å². The molecule has 1 amide bonds. The Morgan fingerprint density at radius 3 is 2.56 bits per heavy atom. The number of carbonyl (C=O) groups excluding carboxylic acids is 1. The van der Waals surface area contributed by atoms with Crippen LogP contribution in [-0.4, -0.2) is 67.8 Å². The van der Waals surface area contributed by atoms with Gasteiger partial charge in [-0.05, 0) is 42.5 Å². The van der Waals surface area contributed by atoms with E-state index in [1.165, 1.54) is 12.8 Å². The highest BCUT2D eigenvalue weighted by molar-refractivity contribution is 6.05. The van der Waals surface area contributed by atoms with Gasteiger partial charge in [-0.25, -0.2) is 9.97 Å². The zero-order valence-corrected chi connectivity index (χ0v) is 19.1. The van der Waals surface area contributed by atoms with Gasteiger partial charge in [0.05, 0.1) is 11.9 Å². The van der Waals surface area contributed by atoms with E-state index >= 15 is 0 Å². The second-order valence-electron chi connectivity index (χ2n) is 9.00. The van der Waals surface area contributed by atoms with Crippen LogP contribution in [0.25, 0.3) is 22.0 Å². The molecule has 0 bridgehead atoms. The van der Waals surface area contributed by atoms with Gasteiger partial charge in [0.2, 0.25) is 0 Å². The molecule has 4 aromatic heterocycles. The quantitative estimate of drug-likeness (QED) is 0.496. The van der Waals surface area contributed by atoms with Gasteiger partial charge in [0.15, 0.2) is 0 Å². The minimum atomic E-state index is -0.200. The second-order valence-corrected chi connectivity index (χ2v) is 9.00. The number of fused-ring (bicyclic) bond motifs is 1. The lowest BCUT2D eigenvalue weighted by Gasteiger charge is -2.35. The number of hydrogen-bond donors (Lipinski definition) is 1. The summed E-state index contributed by atoms with van der Waals surface area (Å²) in [4.78, 5) is 31.2. The van der Waals surface area contributed by atoms with Gasteiger partial charge in [-0.15, -0.1) is 0 Å². The molecule has 9 heteroatoms. The summed E-state index contributed by atoms with van der Waals surface area (Å²) in [6.45, 7) is 3.99. The van der Waals surface area contributed by atoms with Crippen molar-refractivity contribution in [2.24, 2.45) is 7.05 Å². The van der Waals surface area contributed by atoms with Gasteiger partial charge in [-0.1, -0.05) is 0 Å². The predicted molar refractivity (Wildman–Crippen MR) is 131 cm³/mol. The van der Waals surface area contributed by atoms with E-state index in [4.69, 9.17) is 0 Å². The van der Waals surface area contributed by atoms with E-state index in [-0.39, 0.29) is 5.91 Å². The number of anilines is 2. The molecule has 5 heterocycles. The maximum absolute atomic E-state index is 13.0. The Labute approximate surface area is 197 Å². The molecule has 0 atom stereocenters. The minimum absolute atomic E-state index is 0.200. The maximum atomic E-state index is 13.0. The molecule has 1 aliphatic carbocycles. The number of carbonyl (C=O) groups is 1. The van der Waals surface area contributed by atoms with Gasteiger partial charge in [-0.3, -0.25) is 19.4 Å². The highest BCUT2D eigenvalue weighted by Gasteiger charge is 2.31. The summed E-state index contributed by atoms with van der Waals surface area (Å²) >= 11 is 0. The first-order valence-corrected chi connectivity index (χ1v) is 11.6. The molecule has 2 aliphatic rings. The summed E-state index contributed by atoms with van der Waals surface area (Å²) in [7, 11) is 1.88. The predicted octanol–water partition coefficient (Wildman–Crippen LogP) is 2.96. The Morgan fingerprint density at radius 1 is 0.971 bits per heavy atom. The molecule has 1 N–H and O–H groups in total. The summed E-state index contributed by atoms with van der Waals surface area (Å²) in [6.07, 6.45) is 11.6. The molecule has 1 saturated heterocycles. The van der Waals surface area contributed by atoms with Crippen LogP contribution in [0, 0.1) is 0 Å². The smallest absolute Gasteiger partial charge is 0.257 e. The number of aryl methyl sites for hydroxylation is 1. The Kier molecular flexibility index (Phi) is 5.18. The number of piperazine rings is 1. The molecule has 2 fully saturated rings. The number of pyridine rings is 3. The van der Waals surface area contributed by atoms with Crippen molar-refractivity contribution >= 4 is 28.3 Å². The first-order valence-electron chi connectivity index (χ1n) is 11.6. The van der Waals surface area contributed by atoms with Crippen molar-refractivity contribution in [3.63, 3.8) is 0 Å². The Bertz CT molecular complexity index is 1350. The second kappa shape index (κ2) is 8.49. The summed E-state index contributed by atoms with van der Waals surface area (Å²) in [6, 6.07) is 8.25. The number of aromatic nitrogens is 5. The minimum Gasteiger partial charge on any atom is -0.354 e. The van der Waals surface area contributed by atoms with E-state index in [2.05, 4.69) is 35.2 Å². The third-order valence-corrected chi connectivity index (χ3v) is 6.55. The van der Waals surface area contributed by atoms with E-state index in [1.54, 1.807) is 35.5 Å². The number of amides is 1. The number of rotatable bonds is 5. The Morgan fingerprint density at radius 2 is 1.79 bits per heavy atom. The highest BCUT2D eigenvalue weighted by Crippen LogP contribution is 2.28. The molecule has 34 heavy (non-hydrogen) atoms. The molecule has 6 rings (SSSR count). The number of nitrogens with zero attached hydrogens (tertiary/aromatic N) is 7. The van der Waals surface area contributed by atoms with Gasteiger partial charge in [0.1, 0.15) is 11.6 Å². The van der Waals surface area contributed by atoms with Crippen LogP contribution in [0.4, 0.5) is 11.6 Å². The van der Waals surface area contributed by atoms with Crippen molar-refractivity contribution in [3.8, 4) is 11.3 Å². The summed E-state index contributed by atoms with van der Waals surface area (Å²) in [5.74, 6) is 1.15. The molecule has 0 spiro atoms. The van der Waals surface area contributed by atoms with Crippen LogP contribution in [-0.2, 0) is 7.05 Å². The fraction of sp³-hybridized carbons (Fsp3) is 0.320. The molecule has 0 aromatic carbocycles. The van der Waals surface area contributed by atoms with Crippen molar-refractivity contribution in [3.05, 3.63) is 60.8 Å². The van der Waals surface area contributed by atoms with Gasteiger partial charge >= 0.3 is 0 Å². The zero-order valence-electron chi connectivity index (χ0n) is 19.1. The van der Waals surface area contributed by atoms with Crippen LogP contribution in [0.15, 0.2) is 55.2 Å². The molecular weight excluding hydrogens is 428 g/mol. The van der Waals surface area contributed by atoms with Crippen LogP contribution >= 0.6 is 0 Å². The number of nitrogens with one attached hydrogen (secondary N) is 1. The SMILES string of the molecule is Cn1cc(-c2cc3cc(NC(=O)c4ccnc(N5CCN(C6CC6)CC5)c4)ncc3cn2)cn1. The van der Waals surface area contributed by atoms with E-state index < -0.39 is 0 Å². The van der Waals surface area contributed by atoms with Crippen molar-refractivity contribution in [2.45, 2.75) is 18.9 Å². The standard InChI is InChI=1S/C25H26N8O/c1-31-16-20(15-29-31)22-10-18-11-23(28-14-19(18)13-27-22)30-25(34)17-4-5-26-24(12-17)33-8-6-32(7-9-33)21-2-3-21/h4-5,10-16,21H,2-3,6-9H2,1H3,(H,28,30,34). The topological polar surface area (TPSA) is 92.1 Å². The van der Waals surface area contributed by atoms with E-state index in [0.717, 1.165) is 60.1 Å². The Hall–Kier alpha value is -3.85. The van der Waals surface area contributed by atoms with E-state index in [0.29, 0.717) is 11.4 Å². The summed E-state index contributed by atoms with van der Waals surface area (Å²) in [5, 5.41) is 9.00. The summed E-state index contributed by atoms with van der Waals surface area (Å²) in [5.41, 5.74) is 2.33. The first kappa shape index (κ1) is 20.7. The van der Waals surface area contributed by atoms with Gasteiger partial charge in [-0.2, -0.15) is 5.10 Å². The Balaban J connectivity index is 1.18. The van der Waals surface area contributed by atoms with Gasteiger partial charge < -0.3 is 10.2 Å². The van der Waals surface area contributed by atoms with E-state index in [9.17, 15) is 4.79 Å². The van der Waals surface area contributed by atoms with Gasteiger partial charge in [0.25, 0.3) is 5.91 Å². The largest absolute Gasteiger partial charge is 0.354 e. The van der Waals surface area contributed by atoms with Crippen LogP contribution in [0.3, 0.4) is 0 Å². The van der Waals surface area contributed by atoms with Crippen LogP contribution in [0.1, 0.15) is 23.2 Å². The fourth-order valence-electron chi connectivity index (χ4n) is 4.49. The molecule has 1 saturated carbocycles.